The number of amides is 2. The molecule has 0 aliphatic rings. The summed E-state index contributed by atoms with van der Waals surface area (Å²) in [6.45, 7) is 8.23. The summed E-state index contributed by atoms with van der Waals surface area (Å²) in [5.41, 5.74) is -0.675. The third-order valence-corrected chi connectivity index (χ3v) is 4.93. The van der Waals surface area contributed by atoms with E-state index in [0.717, 1.165) is 24.1 Å². The fourth-order valence-electron chi connectivity index (χ4n) is 2.03. The maximum atomic E-state index is 12.6. The number of aryl methyl sites for hydroxylation is 1. The van der Waals surface area contributed by atoms with E-state index in [2.05, 4.69) is 17.2 Å². The summed E-state index contributed by atoms with van der Waals surface area (Å²) in [6.07, 6.45) is 4.68. The molecule has 2 amide bonds. The number of nitrogens with zero attached hydrogens (tertiary/aromatic N) is 2. The van der Waals surface area contributed by atoms with Gasteiger partial charge in [0.25, 0.3) is 0 Å². The molecule has 0 aliphatic carbocycles. The van der Waals surface area contributed by atoms with Gasteiger partial charge in [0, 0.05) is 23.5 Å². The molecule has 7 heteroatoms. The highest BCUT2D eigenvalue weighted by atomic mass is 35.5. The lowest BCUT2D eigenvalue weighted by molar-refractivity contribution is -0.141. The van der Waals surface area contributed by atoms with E-state index in [4.69, 9.17) is 11.6 Å². The van der Waals surface area contributed by atoms with Crippen molar-refractivity contribution in [2.45, 2.75) is 47.0 Å². The summed E-state index contributed by atoms with van der Waals surface area (Å²) in [6, 6.07) is 0. The number of hydrogen-bond donors (Lipinski definition) is 1. The molecule has 1 N–H and O–H groups in total. The minimum Gasteiger partial charge on any atom is -0.333 e. The SMILES string of the molecule is CCCCCN(CC(=O)Nc1ncc(C)s1)C(=O)C(C)(C)CCl. The first kappa shape index (κ1) is 19.9. The molecular weight excluding hydrogens is 334 g/mol. The number of alkyl halides is 1. The fraction of sp³-hybridized carbons (Fsp3) is 0.688. The zero-order valence-electron chi connectivity index (χ0n) is 14.3. The van der Waals surface area contributed by atoms with E-state index in [1.165, 1.54) is 11.3 Å². The molecule has 5 nitrogen and oxygen atoms in total. The van der Waals surface area contributed by atoms with Crippen LogP contribution in [0.5, 0.6) is 0 Å². The third-order valence-electron chi connectivity index (χ3n) is 3.43. The quantitative estimate of drug-likeness (QED) is 0.540. The van der Waals surface area contributed by atoms with Crippen LogP contribution in [0, 0.1) is 12.3 Å². The van der Waals surface area contributed by atoms with Crippen LogP contribution in [0.3, 0.4) is 0 Å². The van der Waals surface area contributed by atoms with Crippen LogP contribution in [0.2, 0.25) is 0 Å². The maximum Gasteiger partial charge on any atom is 0.245 e. The lowest BCUT2D eigenvalue weighted by Crippen LogP contribution is -2.46. The molecule has 0 saturated heterocycles. The zero-order chi connectivity index (χ0) is 17.5. The Kier molecular flexibility index (Phi) is 7.99. The summed E-state index contributed by atoms with van der Waals surface area (Å²) in [5.74, 6) is -0.0905. The van der Waals surface area contributed by atoms with E-state index in [0.29, 0.717) is 11.7 Å². The van der Waals surface area contributed by atoms with Crippen LogP contribution >= 0.6 is 22.9 Å². The number of nitrogens with one attached hydrogen (secondary N) is 1. The molecule has 0 spiro atoms. The highest BCUT2D eigenvalue weighted by molar-refractivity contribution is 7.15. The van der Waals surface area contributed by atoms with E-state index in [9.17, 15) is 9.59 Å². The number of halogens is 1. The average molecular weight is 360 g/mol. The topological polar surface area (TPSA) is 62.3 Å². The van der Waals surface area contributed by atoms with Gasteiger partial charge >= 0.3 is 0 Å². The van der Waals surface area contributed by atoms with Crippen LogP contribution in [0.4, 0.5) is 5.13 Å². The van der Waals surface area contributed by atoms with Crippen LogP contribution in [0.25, 0.3) is 0 Å². The number of carbonyl (C=O) groups is 2. The number of rotatable bonds is 9. The van der Waals surface area contributed by atoms with Gasteiger partial charge in [-0.05, 0) is 27.2 Å². The minimum absolute atomic E-state index is 0.0293. The Morgan fingerprint density at radius 3 is 2.61 bits per heavy atom. The largest absolute Gasteiger partial charge is 0.333 e. The van der Waals surface area contributed by atoms with Gasteiger partial charge in [-0.3, -0.25) is 9.59 Å². The highest BCUT2D eigenvalue weighted by Crippen LogP contribution is 2.21. The molecule has 0 unspecified atom stereocenters. The van der Waals surface area contributed by atoms with Gasteiger partial charge < -0.3 is 10.2 Å². The van der Waals surface area contributed by atoms with E-state index < -0.39 is 5.41 Å². The van der Waals surface area contributed by atoms with Crippen LogP contribution in [-0.2, 0) is 9.59 Å². The monoisotopic (exact) mass is 359 g/mol. The molecule has 1 aromatic heterocycles. The number of anilines is 1. The molecule has 23 heavy (non-hydrogen) atoms. The fourth-order valence-corrected chi connectivity index (χ4v) is 2.83. The van der Waals surface area contributed by atoms with Crippen LogP contribution in [0.15, 0.2) is 6.20 Å². The van der Waals surface area contributed by atoms with Gasteiger partial charge in [-0.1, -0.05) is 19.8 Å². The van der Waals surface area contributed by atoms with Crippen molar-refractivity contribution in [1.82, 2.24) is 9.88 Å². The highest BCUT2D eigenvalue weighted by Gasteiger charge is 2.32. The molecule has 1 aromatic rings. The van der Waals surface area contributed by atoms with Crippen molar-refractivity contribution >= 4 is 39.9 Å². The molecule has 0 aliphatic heterocycles. The standard InChI is InChI=1S/C16H26ClN3O2S/c1-5-6-7-8-20(14(22)16(3,4)11-17)10-13(21)19-15-18-9-12(2)23-15/h9H,5-8,10-11H2,1-4H3,(H,18,19,21). The van der Waals surface area contributed by atoms with Crippen molar-refractivity contribution in [3.63, 3.8) is 0 Å². The number of thiazole rings is 1. The average Bonchev–Trinajstić information content (AvgIpc) is 2.90. The van der Waals surface area contributed by atoms with Crippen molar-refractivity contribution < 1.29 is 9.59 Å². The molecule has 0 saturated carbocycles. The molecular formula is C16H26ClN3O2S. The van der Waals surface area contributed by atoms with Crippen molar-refractivity contribution in [2.75, 3.05) is 24.3 Å². The Morgan fingerprint density at radius 1 is 1.39 bits per heavy atom. The van der Waals surface area contributed by atoms with Crippen LogP contribution in [0.1, 0.15) is 44.9 Å². The molecule has 0 atom stereocenters. The Bertz CT molecular complexity index is 531. The zero-order valence-corrected chi connectivity index (χ0v) is 15.9. The van der Waals surface area contributed by atoms with Gasteiger partial charge in [-0.15, -0.1) is 22.9 Å². The maximum absolute atomic E-state index is 12.6. The second-order valence-electron chi connectivity index (χ2n) is 6.28. The molecule has 0 radical (unpaired) electrons. The molecule has 1 heterocycles. The van der Waals surface area contributed by atoms with Crippen LogP contribution < -0.4 is 5.32 Å². The van der Waals surface area contributed by atoms with E-state index in [-0.39, 0.29) is 24.2 Å². The van der Waals surface area contributed by atoms with Crippen molar-refractivity contribution in [1.29, 1.82) is 0 Å². The number of hydrogen-bond acceptors (Lipinski definition) is 4. The first-order chi connectivity index (χ1) is 10.8. The second kappa shape index (κ2) is 9.23. The normalized spacial score (nSPS) is 11.3. The predicted molar refractivity (Wildman–Crippen MR) is 96.1 cm³/mol. The van der Waals surface area contributed by atoms with Gasteiger partial charge in [0.1, 0.15) is 0 Å². The summed E-state index contributed by atoms with van der Waals surface area (Å²) in [5, 5.41) is 3.31. The van der Waals surface area contributed by atoms with E-state index in [1.807, 2.05) is 6.92 Å². The van der Waals surface area contributed by atoms with Gasteiger partial charge in [0.2, 0.25) is 11.8 Å². The first-order valence-corrected chi connectivity index (χ1v) is 9.23. The van der Waals surface area contributed by atoms with Gasteiger partial charge in [-0.2, -0.15) is 0 Å². The van der Waals surface area contributed by atoms with Gasteiger partial charge in [-0.25, -0.2) is 4.98 Å². The first-order valence-electron chi connectivity index (χ1n) is 7.87. The Balaban J connectivity index is 2.71. The van der Waals surface area contributed by atoms with E-state index >= 15 is 0 Å². The summed E-state index contributed by atoms with van der Waals surface area (Å²) in [4.78, 5) is 31.6. The lowest BCUT2D eigenvalue weighted by atomic mass is 9.94. The molecule has 130 valence electrons. The molecule has 0 aromatic carbocycles. The summed E-state index contributed by atoms with van der Waals surface area (Å²) < 4.78 is 0. The van der Waals surface area contributed by atoms with Gasteiger partial charge in [0.15, 0.2) is 5.13 Å². The summed E-state index contributed by atoms with van der Waals surface area (Å²) in [7, 11) is 0. The number of aromatic nitrogens is 1. The Hall–Kier alpha value is -1.14. The van der Waals surface area contributed by atoms with Crippen molar-refractivity contribution in [3.05, 3.63) is 11.1 Å². The second-order valence-corrected chi connectivity index (χ2v) is 7.78. The Morgan fingerprint density at radius 2 is 2.09 bits per heavy atom. The third kappa shape index (κ3) is 6.47. The smallest absolute Gasteiger partial charge is 0.245 e. The van der Waals surface area contributed by atoms with Crippen molar-refractivity contribution in [3.8, 4) is 0 Å². The summed E-state index contributed by atoms with van der Waals surface area (Å²) >= 11 is 7.32. The van der Waals surface area contributed by atoms with Gasteiger partial charge in [0.05, 0.1) is 12.0 Å². The predicted octanol–water partition coefficient (Wildman–Crippen LogP) is 3.67. The van der Waals surface area contributed by atoms with E-state index in [1.54, 1.807) is 24.9 Å². The van der Waals surface area contributed by atoms with Crippen LogP contribution in [-0.4, -0.2) is 40.7 Å². The minimum atomic E-state index is -0.675. The Labute approximate surface area is 147 Å². The van der Waals surface area contributed by atoms with Crippen molar-refractivity contribution in [2.24, 2.45) is 5.41 Å². The molecule has 0 bridgehead atoms. The molecule has 1 rings (SSSR count). The number of unbranched alkanes of at least 4 members (excludes halogenated alkanes) is 2. The lowest BCUT2D eigenvalue weighted by Gasteiger charge is -2.30. The molecule has 0 fully saturated rings. The number of carbonyl (C=O) groups excluding carboxylic acids is 2.